The van der Waals surface area contributed by atoms with E-state index in [9.17, 15) is 5.11 Å². The Bertz CT molecular complexity index is 417. The van der Waals surface area contributed by atoms with Crippen molar-refractivity contribution in [1.82, 2.24) is 5.32 Å². The van der Waals surface area contributed by atoms with Gasteiger partial charge in [0.05, 0.1) is 13.2 Å². The van der Waals surface area contributed by atoms with Gasteiger partial charge < -0.3 is 15.2 Å². The molecule has 1 aromatic rings. The van der Waals surface area contributed by atoms with Crippen LogP contribution < -0.4 is 10.1 Å². The van der Waals surface area contributed by atoms with Gasteiger partial charge in [-0.3, -0.25) is 0 Å². The van der Waals surface area contributed by atoms with E-state index in [4.69, 9.17) is 4.74 Å². The normalized spacial score (nSPS) is 14.3. The van der Waals surface area contributed by atoms with Crippen LogP contribution in [0.25, 0.3) is 0 Å². The van der Waals surface area contributed by atoms with Crippen LogP contribution in [-0.4, -0.2) is 29.9 Å². The first-order valence-electron chi connectivity index (χ1n) is 7.45. The summed E-state index contributed by atoms with van der Waals surface area (Å²) in [6.07, 6.45) is 1.82. The molecular formula is C17H29NO2. The summed E-state index contributed by atoms with van der Waals surface area (Å²) < 4.78 is 5.85. The third-order valence-corrected chi connectivity index (χ3v) is 3.67. The average molecular weight is 279 g/mol. The standard InChI is InChI=1S/C17H29NO2/c1-13(2)18-17(5,12-19)10-7-11-20-16-9-6-8-14(3)15(16)4/h6,8-9,13,18-19H,7,10-12H2,1-5H3. The molecule has 1 unspecified atom stereocenters. The Balaban J connectivity index is 2.42. The summed E-state index contributed by atoms with van der Waals surface area (Å²) in [5, 5.41) is 12.9. The van der Waals surface area contributed by atoms with Gasteiger partial charge in [0.1, 0.15) is 5.75 Å². The zero-order valence-corrected chi connectivity index (χ0v) is 13.5. The molecule has 0 bridgehead atoms. The van der Waals surface area contributed by atoms with Crippen molar-refractivity contribution in [3.63, 3.8) is 0 Å². The molecular weight excluding hydrogens is 250 g/mol. The third kappa shape index (κ3) is 5.14. The number of ether oxygens (including phenoxy) is 1. The molecule has 3 heteroatoms. The molecule has 1 aromatic carbocycles. The maximum absolute atomic E-state index is 9.53. The SMILES string of the molecule is Cc1cccc(OCCCC(C)(CO)NC(C)C)c1C. The highest BCUT2D eigenvalue weighted by Gasteiger charge is 2.23. The van der Waals surface area contributed by atoms with E-state index in [0.29, 0.717) is 12.6 Å². The fourth-order valence-electron chi connectivity index (χ4n) is 2.42. The lowest BCUT2D eigenvalue weighted by molar-refractivity contribution is 0.147. The number of aliphatic hydroxyl groups is 1. The van der Waals surface area contributed by atoms with E-state index in [1.807, 2.05) is 12.1 Å². The van der Waals surface area contributed by atoms with E-state index >= 15 is 0 Å². The third-order valence-electron chi connectivity index (χ3n) is 3.67. The number of nitrogens with one attached hydrogen (secondary N) is 1. The van der Waals surface area contributed by atoms with Gasteiger partial charge in [-0.05, 0) is 50.8 Å². The maximum Gasteiger partial charge on any atom is 0.122 e. The second kappa shape index (κ2) is 7.65. The summed E-state index contributed by atoms with van der Waals surface area (Å²) in [7, 11) is 0. The molecule has 1 rings (SSSR count). The lowest BCUT2D eigenvalue weighted by Gasteiger charge is -2.31. The highest BCUT2D eigenvalue weighted by Crippen LogP contribution is 2.21. The van der Waals surface area contributed by atoms with Crippen molar-refractivity contribution in [2.24, 2.45) is 0 Å². The first kappa shape index (κ1) is 17.0. The van der Waals surface area contributed by atoms with Gasteiger partial charge in [0.25, 0.3) is 0 Å². The molecule has 0 saturated heterocycles. The molecule has 0 aliphatic rings. The van der Waals surface area contributed by atoms with Gasteiger partial charge >= 0.3 is 0 Å². The molecule has 0 heterocycles. The van der Waals surface area contributed by atoms with Crippen LogP contribution in [0.2, 0.25) is 0 Å². The lowest BCUT2D eigenvalue weighted by Crippen LogP contribution is -2.49. The number of aliphatic hydroxyl groups excluding tert-OH is 1. The fraction of sp³-hybridized carbons (Fsp3) is 0.647. The van der Waals surface area contributed by atoms with Crippen LogP contribution >= 0.6 is 0 Å². The number of hydrogen-bond donors (Lipinski definition) is 2. The Labute approximate surface area is 123 Å². The molecule has 0 spiro atoms. The second-order valence-electron chi connectivity index (χ2n) is 6.17. The van der Waals surface area contributed by atoms with Gasteiger partial charge in [0.15, 0.2) is 0 Å². The molecule has 0 aromatic heterocycles. The topological polar surface area (TPSA) is 41.5 Å². The van der Waals surface area contributed by atoms with Gasteiger partial charge in [-0.25, -0.2) is 0 Å². The molecule has 114 valence electrons. The van der Waals surface area contributed by atoms with Crippen LogP contribution in [0.4, 0.5) is 0 Å². The summed E-state index contributed by atoms with van der Waals surface area (Å²) in [6.45, 7) is 11.3. The average Bonchev–Trinajstić information content (AvgIpc) is 2.38. The van der Waals surface area contributed by atoms with Gasteiger partial charge in [0, 0.05) is 11.6 Å². The summed E-state index contributed by atoms with van der Waals surface area (Å²) in [4.78, 5) is 0. The van der Waals surface area contributed by atoms with Crippen LogP contribution in [0.1, 0.15) is 44.7 Å². The number of hydrogen-bond acceptors (Lipinski definition) is 3. The van der Waals surface area contributed by atoms with E-state index in [1.54, 1.807) is 0 Å². The van der Waals surface area contributed by atoms with Crippen molar-refractivity contribution < 1.29 is 9.84 Å². The van der Waals surface area contributed by atoms with Crippen LogP contribution in [0, 0.1) is 13.8 Å². The molecule has 0 amide bonds. The van der Waals surface area contributed by atoms with Crippen molar-refractivity contribution in [3.05, 3.63) is 29.3 Å². The minimum absolute atomic E-state index is 0.147. The number of rotatable bonds is 8. The lowest BCUT2D eigenvalue weighted by atomic mass is 9.96. The van der Waals surface area contributed by atoms with Gasteiger partial charge in [0.2, 0.25) is 0 Å². The Kier molecular flexibility index (Phi) is 6.50. The fourth-order valence-corrected chi connectivity index (χ4v) is 2.42. The Hall–Kier alpha value is -1.06. The van der Waals surface area contributed by atoms with Crippen LogP contribution in [-0.2, 0) is 0 Å². The van der Waals surface area contributed by atoms with Gasteiger partial charge in [-0.1, -0.05) is 26.0 Å². The molecule has 2 N–H and O–H groups in total. The molecule has 0 aliphatic carbocycles. The smallest absolute Gasteiger partial charge is 0.122 e. The van der Waals surface area contributed by atoms with Gasteiger partial charge in [-0.15, -0.1) is 0 Å². The predicted molar refractivity (Wildman–Crippen MR) is 84.4 cm³/mol. The molecule has 20 heavy (non-hydrogen) atoms. The predicted octanol–water partition coefficient (Wildman–Crippen LogP) is 3.21. The molecule has 0 saturated carbocycles. The van der Waals surface area contributed by atoms with Crippen molar-refractivity contribution in [2.75, 3.05) is 13.2 Å². The highest BCUT2D eigenvalue weighted by molar-refractivity contribution is 5.38. The molecule has 0 fully saturated rings. The first-order valence-corrected chi connectivity index (χ1v) is 7.45. The summed E-state index contributed by atoms with van der Waals surface area (Å²) >= 11 is 0. The Morgan fingerprint density at radius 3 is 2.60 bits per heavy atom. The van der Waals surface area contributed by atoms with Crippen molar-refractivity contribution in [2.45, 2.75) is 59.0 Å². The quantitative estimate of drug-likeness (QED) is 0.718. The minimum Gasteiger partial charge on any atom is -0.493 e. The van der Waals surface area contributed by atoms with E-state index in [0.717, 1.165) is 18.6 Å². The number of aryl methyl sites for hydroxylation is 1. The first-order chi connectivity index (χ1) is 9.38. The summed E-state index contributed by atoms with van der Waals surface area (Å²) in [5.41, 5.74) is 2.24. The highest BCUT2D eigenvalue weighted by atomic mass is 16.5. The van der Waals surface area contributed by atoms with Crippen molar-refractivity contribution in [3.8, 4) is 5.75 Å². The largest absolute Gasteiger partial charge is 0.493 e. The summed E-state index contributed by atoms with van der Waals surface area (Å²) in [6, 6.07) is 6.50. The van der Waals surface area contributed by atoms with E-state index in [-0.39, 0.29) is 12.1 Å². The minimum atomic E-state index is -0.223. The zero-order valence-electron chi connectivity index (χ0n) is 13.5. The van der Waals surface area contributed by atoms with Crippen LogP contribution in [0.15, 0.2) is 18.2 Å². The molecule has 0 aliphatic heterocycles. The van der Waals surface area contributed by atoms with Crippen molar-refractivity contribution in [1.29, 1.82) is 0 Å². The Morgan fingerprint density at radius 2 is 2.00 bits per heavy atom. The monoisotopic (exact) mass is 279 g/mol. The van der Waals surface area contributed by atoms with E-state index in [2.05, 4.69) is 46.0 Å². The zero-order chi connectivity index (χ0) is 15.2. The molecule has 0 radical (unpaired) electrons. The number of benzene rings is 1. The van der Waals surface area contributed by atoms with Crippen molar-refractivity contribution >= 4 is 0 Å². The molecule has 1 atom stereocenters. The van der Waals surface area contributed by atoms with Gasteiger partial charge in [-0.2, -0.15) is 0 Å². The van der Waals surface area contributed by atoms with Crippen LogP contribution in [0.5, 0.6) is 5.75 Å². The maximum atomic E-state index is 9.53. The Morgan fingerprint density at radius 1 is 1.30 bits per heavy atom. The molecule has 3 nitrogen and oxygen atoms in total. The van der Waals surface area contributed by atoms with E-state index < -0.39 is 0 Å². The van der Waals surface area contributed by atoms with E-state index in [1.165, 1.54) is 11.1 Å². The summed E-state index contributed by atoms with van der Waals surface area (Å²) in [5.74, 6) is 0.965. The van der Waals surface area contributed by atoms with Crippen LogP contribution in [0.3, 0.4) is 0 Å². The second-order valence-corrected chi connectivity index (χ2v) is 6.17.